The van der Waals surface area contributed by atoms with Crippen LogP contribution in [-0.2, 0) is 32.0 Å². The highest BCUT2D eigenvalue weighted by Crippen LogP contribution is 2.20. The van der Waals surface area contributed by atoms with Gasteiger partial charge in [-0.2, -0.15) is 12.6 Å². The largest absolute Gasteiger partial charge is 0.508 e. The highest BCUT2D eigenvalue weighted by Gasteiger charge is 2.31. The van der Waals surface area contributed by atoms with E-state index in [0.717, 1.165) is 16.5 Å². The molecule has 4 atom stereocenters. The predicted octanol–water partition coefficient (Wildman–Crippen LogP) is 1.50. The maximum absolute atomic E-state index is 13.6. The van der Waals surface area contributed by atoms with E-state index in [1.807, 2.05) is 38.1 Å². The minimum Gasteiger partial charge on any atom is -0.508 e. The van der Waals surface area contributed by atoms with E-state index in [2.05, 4.69) is 33.6 Å². The summed E-state index contributed by atoms with van der Waals surface area (Å²) in [7, 11) is 0. The van der Waals surface area contributed by atoms with Crippen LogP contribution in [0.25, 0.3) is 10.9 Å². The Bertz CT molecular complexity index is 1360. The first-order chi connectivity index (χ1) is 19.5. The Morgan fingerprint density at radius 2 is 1.46 bits per heavy atom. The van der Waals surface area contributed by atoms with Gasteiger partial charge in [0.1, 0.15) is 23.9 Å². The number of H-pyrrole nitrogens is 1. The van der Waals surface area contributed by atoms with Crippen molar-refractivity contribution in [2.24, 2.45) is 11.7 Å². The summed E-state index contributed by atoms with van der Waals surface area (Å²) < 4.78 is 0. The molecule has 0 bridgehead atoms. The monoisotopic (exact) mass is 583 g/mol. The van der Waals surface area contributed by atoms with Crippen LogP contribution in [0, 0.1) is 5.92 Å². The predicted molar refractivity (Wildman–Crippen MR) is 159 cm³/mol. The molecule has 11 nitrogen and oxygen atoms in total. The lowest BCUT2D eigenvalue weighted by Crippen LogP contribution is -2.58. The summed E-state index contributed by atoms with van der Waals surface area (Å²) in [5, 5.41) is 28.1. The molecule has 0 saturated heterocycles. The molecule has 0 aliphatic rings. The van der Waals surface area contributed by atoms with Crippen LogP contribution in [0.4, 0.5) is 0 Å². The summed E-state index contributed by atoms with van der Waals surface area (Å²) in [6.45, 7) is 3.69. The summed E-state index contributed by atoms with van der Waals surface area (Å²) in [6.07, 6.45) is 2.05. The van der Waals surface area contributed by atoms with E-state index >= 15 is 0 Å². The maximum atomic E-state index is 13.6. The molecule has 0 aliphatic heterocycles. The number of nitrogens with two attached hydrogens (primary N) is 1. The lowest BCUT2D eigenvalue weighted by molar-refractivity contribution is -0.142. The topological polar surface area (TPSA) is 187 Å². The minimum absolute atomic E-state index is 0.000926. The number of carbonyl (C=O) groups is 4. The Morgan fingerprint density at radius 3 is 2.07 bits per heavy atom. The van der Waals surface area contributed by atoms with Gasteiger partial charge in [-0.1, -0.05) is 44.2 Å². The molecule has 220 valence electrons. The number of nitrogens with one attached hydrogen (secondary N) is 4. The van der Waals surface area contributed by atoms with Crippen LogP contribution in [0.2, 0.25) is 0 Å². The van der Waals surface area contributed by atoms with Gasteiger partial charge >= 0.3 is 5.97 Å². The van der Waals surface area contributed by atoms with E-state index in [-0.39, 0.29) is 36.7 Å². The number of hydrogen-bond donors (Lipinski definition) is 8. The molecule has 0 saturated carbocycles. The molecule has 0 radical (unpaired) electrons. The number of aromatic hydroxyl groups is 1. The summed E-state index contributed by atoms with van der Waals surface area (Å²) in [5.74, 6) is -3.01. The van der Waals surface area contributed by atoms with Gasteiger partial charge in [0, 0.05) is 35.7 Å². The van der Waals surface area contributed by atoms with Gasteiger partial charge in [-0.3, -0.25) is 14.4 Å². The summed E-state index contributed by atoms with van der Waals surface area (Å²) >= 11 is 4.05. The van der Waals surface area contributed by atoms with Gasteiger partial charge in [-0.15, -0.1) is 0 Å². The fourth-order valence-electron chi connectivity index (χ4n) is 4.41. The molecule has 0 fully saturated rings. The van der Waals surface area contributed by atoms with Crippen molar-refractivity contribution in [3.8, 4) is 5.75 Å². The van der Waals surface area contributed by atoms with Crippen molar-refractivity contribution in [3.63, 3.8) is 0 Å². The average molecular weight is 584 g/mol. The number of phenols is 1. The number of amides is 3. The smallest absolute Gasteiger partial charge is 0.326 e. The number of benzene rings is 2. The third kappa shape index (κ3) is 8.98. The van der Waals surface area contributed by atoms with Crippen molar-refractivity contribution in [2.45, 2.75) is 57.3 Å². The zero-order valence-corrected chi connectivity index (χ0v) is 23.9. The maximum Gasteiger partial charge on any atom is 0.326 e. The third-order valence-corrected chi connectivity index (χ3v) is 6.99. The van der Waals surface area contributed by atoms with Gasteiger partial charge in [0.05, 0.1) is 6.04 Å². The number of thiol groups is 1. The van der Waals surface area contributed by atoms with E-state index in [4.69, 9.17) is 5.73 Å². The summed E-state index contributed by atoms with van der Waals surface area (Å²) in [4.78, 5) is 54.7. The van der Waals surface area contributed by atoms with Gasteiger partial charge in [-0.25, -0.2) is 4.79 Å². The van der Waals surface area contributed by atoms with Gasteiger partial charge < -0.3 is 36.9 Å². The molecule has 3 rings (SSSR count). The van der Waals surface area contributed by atoms with Crippen LogP contribution in [0.3, 0.4) is 0 Å². The van der Waals surface area contributed by atoms with Crippen LogP contribution < -0.4 is 21.7 Å². The SMILES string of the molecule is CC(C)CC(NC(=O)C(Cc1c[nH]c2ccccc12)NC(=O)C(Cc1ccc(O)cc1)NC(=O)C(N)CS)C(=O)O. The van der Waals surface area contributed by atoms with E-state index in [1.165, 1.54) is 12.1 Å². The Morgan fingerprint density at radius 1 is 0.878 bits per heavy atom. The molecule has 3 aromatic rings. The third-order valence-electron chi connectivity index (χ3n) is 6.60. The van der Waals surface area contributed by atoms with E-state index in [1.54, 1.807) is 18.3 Å². The number of aromatic nitrogens is 1. The van der Waals surface area contributed by atoms with Crippen LogP contribution in [0.1, 0.15) is 31.4 Å². The number of carbonyl (C=O) groups excluding carboxylic acids is 3. The second-order valence-corrected chi connectivity index (χ2v) is 10.7. The standard InChI is InChI=1S/C29H37N5O6S/c1-16(2)11-25(29(39)40)34-28(38)24(13-18-14-31-22-6-4-3-5-20(18)22)33-27(37)23(32-26(36)21(30)15-41)12-17-7-9-19(35)10-8-17/h3-10,14,16,21,23-25,31,35,41H,11-13,15,30H2,1-2H3,(H,32,36)(H,33,37)(H,34,38)(H,39,40). The Hall–Kier alpha value is -4.03. The zero-order chi connectivity index (χ0) is 30.1. The molecule has 3 amide bonds. The van der Waals surface area contributed by atoms with Crippen molar-refractivity contribution >= 4 is 47.2 Å². The molecular formula is C29H37N5O6S. The van der Waals surface area contributed by atoms with Crippen LogP contribution in [0.5, 0.6) is 5.75 Å². The Kier molecular flexibility index (Phi) is 11.2. The molecule has 12 heteroatoms. The average Bonchev–Trinajstić information content (AvgIpc) is 3.34. The number of carboxylic acids is 1. The molecule has 2 aromatic carbocycles. The van der Waals surface area contributed by atoms with Crippen LogP contribution in [-0.4, -0.2) is 68.8 Å². The normalized spacial score (nSPS) is 14.2. The number of phenolic OH excluding ortho intramolecular Hbond substituents is 1. The molecule has 8 N–H and O–H groups in total. The Balaban J connectivity index is 1.90. The van der Waals surface area contributed by atoms with Gasteiger partial charge in [-0.05, 0) is 41.7 Å². The first-order valence-corrected chi connectivity index (χ1v) is 13.9. The first kappa shape index (κ1) is 31.5. The highest BCUT2D eigenvalue weighted by atomic mass is 32.1. The van der Waals surface area contributed by atoms with Crippen molar-refractivity contribution in [2.75, 3.05) is 5.75 Å². The van der Waals surface area contributed by atoms with Crippen LogP contribution >= 0.6 is 12.6 Å². The quantitative estimate of drug-likeness (QED) is 0.132. The van der Waals surface area contributed by atoms with E-state index in [9.17, 15) is 29.4 Å². The van der Waals surface area contributed by atoms with Crippen molar-refractivity contribution in [1.29, 1.82) is 0 Å². The molecule has 4 unspecified atom stereocenters. The molecular weight excluding hydrogens is 546 g/mol. The fraction of sp³-hybridized carbons (Fsp3) is 0.379. The highest BCUT2D eigenvalue weighted by molar-refractivity contribution is 7.80. The number of para-hydroxylation sites is 1. The van der Waals surface area contributed by atoms with E-state index in [0.29, 0.717) is 5.56 Å². The lowest BCUT2D eigenvalue weighted by atomic mass is 10.00. The number of aliphatic carboxylic acids is 1. The van der Waals surface area contributed by atoms with Crippen molar-refractivity contribution in [3.05, 3.63) is 65.9 Å². The Labute approximate surface area is 243 Å². The second kappa shape index (κ2) is 14.6. The summed E-state index contributed by atoms with van der Waals surface area (Å²) in [5.41, 5.74) is 8.04. The molecule has 1 heterocycles. The van der Waals surface area contributed by atoms with Gasteiger partial charge in [0.25, 0.3) is 0 Å². The second-order valence-electron chi connectivity index (χ2n) is 10.4. The molecule has 0 aliphatic carbocycles. The first-order valence-electron chi connectivity index (χ1n) is 13.3. The van der Waals surface area contributed by atoms with Crippen molar-refractivity contribution < 1.29 is 29.4 Å². The van der Waals surface area contributed by atoms with Gasteiger partial charge in [0.15, 0.2) is 0 Å². The molecule has 0 spiro atoms. The summed E-state index contributed by atoms with van der Waals surface area (Å²) in [6, 6.07) is 9.22. The van der Waals surface area contributed by atoms with Crippen molar-refractivity contribution in [1.82, 2.24) is 20.9 Å². The fourth-order valence-corrected chi connectivity index (χ4v) is 4.57. The molecule has 1 aromatic heterocycles. The number of aromatic amines is 1. The number of rotatable bonds is 14. The van der Waals surface area contributed by atoms with E-state index < -0.39 is 47.9 Å². The number of fused-ring (bicyclic) bond motifs is 1. The zero-order valence-electron chi connectivity index (χ0n) is 23.0. The molecule has 41 heavy (non-hydrogen) atoms. The number of hydrogen-bond acceptors (Lipinski definition) is 7. The van der Waals surface area contributed by atoms with Crippen LogP contribution in [0.15, 0.2) is 54.7 Å². The lowest BCUT2D eigenvalue weighted by Gasteiger charge is -2.25. The minimum atomic E-state index is -1.18. The van der Waals surface area contributed by atoms with Gasteiger partial charge in [0.2, 0.25) is 17.7 Å². The number of carboxylic acid groups (broad SMARTS) is 1.